The lowest BCUT2D eigenvalue weighted by molar-refractivity contribution is 0.560. The number of anilines is 1. The summed E-state index contributed by atoms with van der Waals surface area (Å²) in [5.74, 6) is 5.59. The van der Waals surface area contributed by atoms with Gasteiger partial charge in [-0.3, -0.25) is 16.3 Å². The Hall–Kier alpha value is -0.950. The van der Waals surface area contributed by atoms with Crippen molar-refractivity contribution in [1.82, 2.24) is 10.4 Å². The molecule has 0 spiro atoms. The first-order valence-electron chi connectivity index (χ1n) is 5.10. The van der Waals surface area contributed by atoms with Crippen molar-refractivity contribution in [1.29, 1.82) is 0 Å². The summed E-state index contributed by atoms with van der Waals surface area (Å²) < 4.78 is 1.09. The highest BCUT2D eigenvalue weighted by molar-refractivity contribution is 9.11. The molecule has 1 unspecified atom stereocenters. The molecule has 90 valence electrons. The van der Waals surface area contributed by atoms with Crippen LogP contribution in [0, 0.1) is 0 Å². The number of hydrazine groups is 1. The molecular formula is C11H13BrN4S. The Labute approximate surface area is 112 Å². The maximum Gasteiger partial charge on any atom is 0.0702 e. The molecule has 0 saturated carbocycles. The van der Waals surface area contributed by atoms with E-state index >= 15 is 0 Å². The van der Waals surface area contributed by atoms with E-state index in [4.69, 9.17) is 11.6 Å². The molecule has 2 aromatic rings. The van der Waals surface area contributed by atoms with E-state index in [1.54, 1.807) is 29.8 Å². The van der Waals surface area contributed by atoms with Crippen LogP contribution >= 0.6 is 27.3 Å². The fourth-order valence-corrected chi connectivity index (χ4v) is 3.07. The Morgan fingerprint density at radius 2 is 2.24 bits per heavy atom. The summed E-state index contributed by atoms with van der Waals surface area (Å²) in [5.41, 5.74) is 10.5. The van der Waals surface area contributed by atoms with Gasteiger partial charge < -0.3 is 5.73 Å². The lowest BCUT2D eigenvalue weighted by Crippen LogP contribution is -2.29. The number of hydrogen-bond donors (Lipinski definition) is 3. The second-order valence-corrected chi connectivity index (χ2v) is 6.13. The zero-order valence-electron chi connectivity index (χ0n) is 9.06. The van der Waals surface area contributed by atoms with Crippen molar-refractivity contribution in [3.63, 3.8) is 0 Å². The number of aromatic nitrogens is 1. The van der Waals surface area contributed by atoms with E-state index in [1.165, 1.54) is 4.88 Å². The predicted octanol–water partition coefficient (Wildman–Crippen LogP) is 2.23. The molecule has 1 atom stereocenters. The van der Waals surface area contributed by atoms with E-state index in [0.29, 0.717) is 0 Å². The zero-order chi connectivity index (χ0) is 12.3. The van der Waals surface area contributed by atoms with Crippen molar-refractivity contribution in [2.75, 3.05) is 5.73 Å². The van der Waals surface area contributed by atoms with Crippen LogP contribution in [0.25, 0.3) is 0 Å². The molecule has 0 aliphatic heterocycles. The van der Waals surface area contributed by atoms with Crippen LogP contribution in [0.4, 0.5) is 5.69 Å². The number of nitrogens with zero attached hydrogens (tertiary/aromatic N) is 1. The molecule has 0 aliphatic rings. The third-order valence-electron chi connectivity index (χ3n) is 2.50. The number of hydrogen-bond acceptors (Lipinski definition) is 5. The summed E-state index contributed by atoms with van der Waals surface area (Å²) in [5, 5.41) is 0. The van der Waals surface area contributed by atoms with Crippen molar-refractivity contribution >= 4 is 33.0 Å². The van der Waals surface area contributed by atoms with Gasteiger partial charge in [0.2, 0.25) is 0 Å². The SMILES string of the molecule is NNC(Cc1cnccc1N)c1ccc(Br)s1. The highest BCUT2D eigenvalue weighted by Gasteiger charge is 2.14. The van der Waals surface area contributed by atoms with E-state index in [9.17, 15) is 0 Å². The third-order valence-corrected chi connectivity index (χ3v) is 4.24. The largest absolute Gasteiger partial charge is 0.398 e. The molecule has 2 aromatic heterocycles. The third kappa shape index (κ3) is 3.04. The van der Waals surface area contributed by atoms with Crippen LogP contribution in [0.1, 0.15) is 16.5 Å². The van der Waals surface area contributed by atoms with Gasteiger partial charge in [-0.25, -0.2) is 0 Å². The second-order valence-electron chi connectivity index (χ2n) is 3.64. The minimum atomic E-state index is 0.0535. The molecular weight excluding hydrogens is 300 g/mol. The van der Waals surface area contributed by atoms with Crippen LogP contribution < -0.4 is 17.0 Å². The fraction of sp³-hybridized carbons (Fsp3) is 0.182. The molecule has 2 heterocycles. The first-order chi connectivity index (χ1) is 8.20. The topological polar surface area (TPSA) is 77.0 Å². The molecule has 0 aliphatic carbocycles. The molecule has 4 nitrogen and oxygen atoms in total. The van der Waals surface area contributed by atoms with E-state index in [-0.39, 0.29) is 6.04 Å². The second kappa shape index (κ2) is 5.59. The van der Waals surface area contributed by atoms with Gasteiger partial charge in [-0.05, 0) is 46.1 Å². The fourth-order valence-electron chi connectivity index (χ4n) is 1.59. The molecule has 0 bridgehead atoms. The van der Waals surface area contributed by atoms with Crippen molar-refractivity contribution in [2.24, 2.45) is 5.84 Å². The number of nitrogen functional groups attached to an aromatic ring is 1. The predicted molar refractivity (Wildman–Crippen MR) is 74.4 cm³/mol. The van der Waals surface area contributed by atoms with Crippen LogP contribution in [0.3, 0.4) is 0 Å². The summed E-state index contributed by atoms with van der Waals surface area (Å²) in [6, 6.07) is 5.91. The van der Waals surface area contributed by atoms with Gasteiger partial charge in [-0.2, -0.15) is 0 Å². The van der Waals surface area contributed by atoms with Gasteiger partial charge in [0.1, 0.15) is 0 Å². The smallest absolute Gasteiger partial charge is 0.0702 e. The Morgan fingerprint density at radius 1 is 1.41 bits per heavy atom. The van der Waals surface area contributed by atoms with Gasteiger partial charge in [0.05, 0.1) is 9.83 Å². The van der Waals surface area contributed by atoms with E-state index in [2.05, 4.69) is 26.3 Å². The standard InChI is InChI=1S/C11H13BrN4S/c12-11-2-1-10(17-11)9(16-14)5-7-6-15-4-3-8(7)13/h1-4,6,9,16H,5,14H2,(H2,13,15). The Balaban J connectivity index is 2.18. The molecule has 5 N–H and O–H groups in total. The van der Waals surface area contributed by atoms with E-state index in [1.807, 2.05) is 12.1 Å². The summed E-state index contributed by atoms with van der Waals surface area (Å²) in [7, 11) is 0. The Kier molecular flexibility index (Phi) is 4.11. The first-order valence-corrected chi connectivity index (χ1v) is 6.71. The maximum absolute atomic E-state index is 5.89. The van der Waals surface area contributed by atoms with E-state index in [0.717, 1.165) is 21.5 Å². The lowest BCUT2D eigenvalue weighted by Gasteiger charge is -2.15. The molecule has 2 rings (SSSR count). The Bertz CT molecular complexity index is 500. The van der Waals surface area contributed by atoms with Crippen LogP contribution in [0.15, 0.2) is 34.4 Å². The monoisotopic (exact) mass is 312 g/mol. The average molecular weight is 313 g/mol. The molecule has 17 heavy (non-hydrogen) atoms. The summed E-state index contributed by atoms with van der Waals surface area (Å²) >= 11 is 5.10. The minimum absolute atomic E-state index is 0.0535. The number of nitrogens with two attached hydrogens (primary N) is 2. The molecule has 0 saturated heterocycles. The number of halogens is 1. The maximum atomic E-state index is 5.89. The molecule has 6 heteroatoms. The van der Waals surface area contributed by atoms with Gasteiger partial charge >= 0.3 is 0 Å². The van der Waals surface area contributed by atoms with Crippen molar-refractivity contribution in [3.8, 4) is 0 Å². The van der Waals surface area contributed by atoms with Crippen molar-refractivity contribution < 1.29 is 0 Å². The van der Waals surface area contributed by atoms with Gasteiger partial charge in [-0.15, -0.1) is 11.3 Å². The molecule has 0 aromatic carbocycles. The average Bonchev–Trinajstić information content (AvgIpc) is 2.75. The van der Waals surface area contributed by atoms with Crippen LogP contribution in [-0.4, -0.2) is 4.98 Å². The van der Waals surface area contributed by atoms with Crippen LogP contribution in [-0.2, 0) is 6.42 Å². The summed E-state index contributed by atoms with van der Waals surface area (Å²) in [4.78, 5) is 5.25. The number of thiophene rings is 1. The van der Waals surface area contributed by atoms with Crippen molar-refractivity contribution in [2.45, 2.75) is 12.5 Å². The summed E-state index contributed by atoms with van der Waals surface area (Å²) in [6.45, 7) is 0. The normalized spacial score (nSPS) is 12.6. The highest BCUT2D eigenvalue weighted by Crippen LogP contribution is 2.29. The first kappa shape index (κ1) is 12.5. The van der Waals surface area contributed by atoms with Crippen molar-refractivity contribution in [3.05, 3.63) is 44.8 Å². The highest BCUT2D eigenvalue weighted by atomic mass is 79.9. The zero-order valence-corrected chi connectivity index (χ0v) is 11.5. The molecule has 0 fully saturated rings. The number of pyridine rings is 1. The number of rotatable bonds is 4. The van der Waals surface area contributed by atoms with Crippen LogP contribution in [0.5, 0.6) is 0 Å². The van der Waals surface area contributed by atoms with E-state index < -0.39 is 0 Å². The van der Waals surface area contributed by atoms with Gasteiger partial charge in [-0.1, -0.05) is 0 Å². The molecule has 0 amide bonds. The van der Waals surface area contributed by atoms with Crippen LogP contribution in [0.2, 0.25) is 0 Å². The molecule has 0 radical (unpaired) electrons. The number of nitrogens with one attached hydrogen (secondary N) is 1. The quantitative estimate of drug-likeness (QED) is 0.597. The van der Waals surface area contributed by atoms with Gasteiger partial charge in [0, 0.05) is 23.0 Å². The minimum Gasteiger partial charge on any atom is -0.398 e. The van der Waals surface area contributed by atoms with Gasteiger partial charge in [0.25, 0.3) is 0 Å². The Morgan fingerprint density at radius 3 is 2.82 bits per heavy atom. The van der Waals surface area contributed by atoms with Gasteiger partial charge in [0.15, 0.2) is 0 Å². The lowest BCUT2D eigenvalue weighted by atomic mass is 10.1. The summed E-state index contributed by atoms with van der Waals surface area (Å²) in [6.07, 6.45) is 4.19.